The van der Waals surface area contributed by atoms with Crippen molar-refractivity contribution in [2.75, 3.05) is 19.6 Å². The van der Waals surface area contributed by atoms with Gasteiger partial charge in [-0.25, -0.2) is 4.79 Å². The largest absolute Gasteiger partial charge is 0.481 e. The molecule has 8 heteroatoms. The summed E-state index contributed by atoms with van der Waals surface area (Å²) < 4.78 is 39.0. The van der Waals surface area contributed by atoms with Crippen LogP contribution in [0.4, 0.5) is 18.0 Å². The number of rotatable bonds is 4. The minimum Gasteiger partial charge on any atom is -0.481 e. The van der Waals surface area contributed by atoms with E-state index < -0.39 is 36.6 Å². The molecule has 0 spiro atoms. The monoisotopic (exact) mass is 310 g/mol. The molecule has 1 rings (SSSR count). The quantitative estimate of drug-likeness (QED) is 0.838. The molecule has 5 nitrogen and oxygen atoms in total. The van der Waals surface area contributed by atoms with Gasteiger partial charge >= 0.3 is 18.2 Å². The van der Waals surface area contributed by atoms with Crippen LogP contribution in [0.1, 0.15) is 33.6 Å². The third-order valence-electron chi connectivity index (χ3n) is 4.18. The number of nitrogens with zero attached hydrogens (tertiary/aromatic N) is 1. The Bertz CT molecular complexity index is 423. The molecule has 21 heavy (non-hydrogen) atoms. The lowest BCUT2D eigenvalue weighted by molar-refractivity contribution is -0.226. The van der Waals surface area contributed by atoms with Crippen molar-refractivity contribution in [2.24, 2.45) is 10.8 Å². The summed E-state index contributed by atoms with van der Waals surface area (Å²) in [6, 6.07) is -0.649. The van der Waals surface area contributed by atoms with Crippen LogP contribution in [0.5, 0.6) is 0 Å². The molecule has 1 saturated heterocycles. The predicted octanol–water partition coefficient (Wildman–Crippen LogP) is 2.47. The molecule has 2 amide bonds. The van der Waals surface area contributed by atoms with E-state index in [4.69, 9.17) is 5.11 Å². The van der Waals surface area contributed by atoms with Gasteiger partial charge in [0.1, 0.15) is 0 Å². The van der Waals surface area contributed by atoms with Gasteiger partial charge in [-0.15, -0.1) is 0 Å². The van der Waals surface area contributed by atoms with Crippen LogP contribution in [0.15, 0.2) is 0 Å². The molecule has 0 bridgehead atoms. The van der Waals surface area contributed by atoms with E-state index >= 15 is 0 Å². The van der Waals surface area contributed by atoms with Gasteiger partial charge < -0.3 is 15.3 Å². The lowest BCUT2D eigenvalue weighted by Gasteiger charge is -2.28. The molecule has 1 heterocycles. The van der Waals surface area contributed by atoms with Gasteiger partial charge in [0.25, 0.3) is 0 Å². The average Bonchev–Trinajstić information content (AvgIpc) is 2.82. The van der Waals surface area contributed by atoms with Crippen molar-refractivity contribution in [1.82, 2.24) is 10.2 Å². The van der Waals surface area contributed by atoms with Gasteiger partial charge in [0, 0.05) is 19.6 Å². The van der Waals surface area contributed by atoms with E-state index in [0.29, 0.717) is 6.54 Å². The first-order valence-electron chi connectivity index (χ1n) is 6.78. The van der Waals surface area contributed by atoms with Gasteiger partial charge in [0.2, 0.25) is 0 Å². The molecule has 1 aliphatic heterocycles. The summed E-state index contributed by atoms with van der Waals surface area (Å²) >= 11 is 0. The number of nitrogens with one attached hydrogen (secondary N) is 1. The number of carbonyl (C=O) groups is 2. The molecule has 122 valence electrons. The van der Waals surface area contributed by atoms with E-state index in [1.54, 1.807) is 0 Å². The second-order valence-electron chi connectivity index (χ2n) is 6.23. The van der Waals surface area contributed by atoms with Crippen molar-refractivity contribution in [3.8, 4) is 0 Å². The molecular weight excluding hydrogens is 289 g/mol. The SMILES string of the molecule is CCC(C)(C)CNC(=O)N1CCC(C(=O)O)(C(F)(F)F)C1. The van der Waals surface area contributed by atoms with Gasteiger partial charge in [-0.3, -0.25) is 4.79 Å². The fourth-order valence-electron chi connectivity index (χ4n) is 2.06. The number of alkyl halides is 3. The van der Waals surface area contributed by atoms with Crippen LogP contribution in [0.2, 0.25) is 0 Å². The summed E-state index contributed by atoms with van der Waals surface area (Å²) in [4.78, 5) is 23.8. The average molecular weight is 310 g/mol. The van der Waals surface area contributed by atoms with Crippen molar-refractivity contribution < 1.29 is 27.9 Å². The molecule has 1 fully saturated rings. The zero-order valence-corrected chi connectivity index (χ0v) is 12.4. The first-order valence-corrected chi connectivity index (χ1v) is 6.78. The Morgan fingerprint density at radius 3 is 2.29 bits per heavy atom. The maximum atomic E-state index is 13.0. The highest BCUT2D eigenvalue weighted by atomic mass is 19.4. The van der Waals surface area contributed by atoms with E-state index in [-0.39, 0.29) is 12.0 Å². The molecule has 1 atom stereocenters. The molecule has 0 aromatic carbocycles. The predicted molar refractivity (Wildman–Crippen MR) is 69.8 cm³/mol. The Labute approximate surface area is 121 Å². The summed E-state index contributed by atoms with van der Waals surface area (Å²) in [6.07, 6.45) is -4.69. The highest BCUT2D eigenvalue weighted by molar-refractivity contribution is 5.80. The standard InChI is InChI=1S/C13H21F3N2O3/c1-4-11(2,3)7-17-10(21)18-6-5-12(8-18,9(19)20)13(14,15)16/h4-8H2,1-3H3,(H,17,21)(H,19,20). The lowest BCUT2D eigenvalue weighted by Crippen LogP contribution is -2.49. The number of urea groups is 1. The van der Waals surface area contributed by atoms with Gasteiger partial charge in [-0.2, -0.15) is 13.2 Å². The van der Waals surface area contributed by atoms with Crippen LogP contribution in [-0.2, 0) is 4.79 Å². The van der Waals surface area contributed by atoms with Crippen LogP contribution in [0.3, 0.4) is 0 Å². The van der Waals surface area contributed by atoms with E-state index in [9.17, 15) is 22.8 Å². The smallest absolute Gasteiger partial charge is 0.406 e. The number of hydrogen-bond donors (Lipinski definition) is 2. The molecule has 0 saturated carbocycles. The van der Waals surface area contributed by atoms with Crippen LogP contribution in [-0.4, -0.2) is 47.8 Å². The maximum Gasteiger partial charge on any atom is 0.406 e. The second-order valence-corrected chi connectivity index (χ2v) is 6.23. The zero-order chi connectivity index (χ0) is 16.5. The Kier molecular flexibility index (Phi) is 4.80. The lowest BCUT2D eigenvalue weighted by atomic mass is 9.86. The summed E-state index contributed by atoms with van der Waals surface area (Å²) in [5.41, 5.74) is -3.02. The zero-order valence-electron chi connectivity index (χ0n) is 12.4. The van der Waals surface area contributed by atoms with Gasteiger partial charge in [-0.1, -0.05) is 20.8 Å². The summed E-state index contributed by atoms with van der Waals surface area (Å²) in [7, 11) is 0. The van der Waals surface area contributed by atoms with Crippen LogP contribution in [0.25, 0.3) is 0 Å². The molecule has 0 aliphatic carbocycles. The summed E-state index contributed by atoms with van der Waals surface area (Å²) in [6.45, 7) is 5.06. The first kappa shape index (κ1) is 17.6. The highest BCUT2D eigenvalue weighted by Gasteiger charge is 2.64. The van der Waals surface area contributed by atoms with E-state index in [1.807, 2.05) is 20.8 Å². The van der Waals surface area contributed by atoms with E-state index in [1.165, 1.54) is 0 Å². The van der Waals surface area contributed by atoms with Gasteiger partial charge in [0.15, 0.2) is 5.41 Å². The van der Waals surface area contributed by atoms with Gasteiger partial charge in [-0.05, 0) is 18.3 Å². The molecule has 1 unspecified atom stereocenters. The molecular formula is C13H21F3N2O3. The molecule has 0 radical (unpaired) electrons. The number of amides is 2. The molecule has 0 aromatic rings. The fourth-order valence-corrected chi connectivity index (χ4v) is 2.06. The number of carbonyl (C=O) groups excluding carboxylic acids is 1. The minimum absolute atomic E-state index is 0.163. The Morgan fingerprint density at radius 1 is 1.33 bits per heavy atom. The van der Waals surface area contributed by atoms with Crippen LogP contribution < -0.4 is 5.32 Å². The molecule has 1 aliphatic rings. The van der Waals surface area contributed by atoms with Gasteiger partial charge in [0.05, 0.1) is 0 Å². The Morgan fingerprint density at radius 2 is 1.90 bits per heavy atom. The first-order chi connectivity index (χ1) is 9.45. The normalized spacial score (nSPS) is 23.2. The Balaban J connectivity index is 2.73. The summed E-state index contributed by atoms with van der Waals surface area (Å²) in [5.74, 6) is -1.93. The van der Waals surface area contributed by atoms with Crippen molar-refractivity contribution in [1.29, 1.82) is 0 Å². The number of likely N-dealkylation sites (tertiary alicyclic amines) is 1. The summed E-state index contributed by atoms with van der Waals surface area (Å²) in [5, 5.41) is 11.5. The number of hydrogen-bond acceptors (Lipinski definition) is 2. The fraction of sp³-hybridized carbons (Fsp3) is 0.846. The van der Waals surface area contributed by atoms with Crippen molar-refractivity contribution in [2.45, 2.75) is 39.8 Å². The number of carboxylic acid groups (broad SMARTS) is 1. The third-order valence-corrected chi connectivity index (χ3v) is 4.18. The van der Waals surface area contributed by atoms with Crippen LogP contribution >= 0.6 is 0 Å². The number of carboxylic acids is 1. The second kappa shape index (κ2) is 5.73. The van der Waals surface area contributed by atoms with Crippen LogP contribution in [0, 0.1) is 10.8 Å². The maximum absolute atomic E-state index is 13.0. The van der Waals surface area contributed by atoms with Crippen molar-refractivity contribution >= 4 is 12.0 Å². The third kappa shape index (κ3) is 3.59. The number of halogens is 3. The molecule has 2 N–H and O–H groups in total. The topological polar surface area (TPSA) is 69.6 Å². The van der Waals surface area contributed by atoms with E-state index in [2.05, 4.69) is 5.32 Å². The molecule has 0 aromatic heterocycles. The minimum atomic E-state index is -4.88. The highest BCUT2D eigenvalue weighted by Crippen LogP contribution is 2.45. The number of aliphatic carboxylic acids is 1. The Hall–Kier alpha value is -1.47. The van der Waals surface area contributed by atoms with Crippen molar-refractivity contribution in [3.63, 3.8) is 0 Å². The van der Waals surface area contributed by atoms with E-state index in [0.717, 1.165) is 11.3 Å². The van der Waals surface area contributed by atoms with Crippen molar-refractivity contribution in [3.05, 3.63) is 0 Å².